The molecule has 0 aromatic rings. The highest BCUT2D eigenvalue weighted by molar-refractivity contribution is 4.91. The van der Waals surface area contributed by atoms with Crippen molar-refractivity contribution in [3.63, 3.8) is 0 Å². The third-order valence-corrected chi connectivity index (χ3v) is 6.73. The van der Waals surface area contributed by atoms with Crippen molar-refractivity contribution in [3.8, 4) is 0 Å². The maximum absolute atomic E-state index is 5.94. The molecule has 0 amide bonds. The number of hydrogen-bond acceptors (Lipinski definition) is 4. The molecule has 0 atom stereocenters. The fraction of sp³-hybridized carbons (Fsp3) is 1.00. The number of ether oxygens (including phenoxy) is 4. The molecule has 2 fully saturated rings. The smallest absolute Gasteiger partial charge is 0.0704 e. The topological polar surface area (TPSA) is 36.9 Å². The number of rotatable bonds is 10. The van der Waals surface area contributed by atoms with Crippen molar-refractivity contribution in [3.05, 3.63) is 0 Å². The zero-order valence-corrected chi connectivity index (χ0v) is 16.9. The molecule has 0 N–H and O–H groups in total. The Morgan fingerprint density at radius 2 is 0.960 bits per heavy atom. The third kappa shape index (κ3) is 6.50. The minimum Gasteiger partial charge on any atom is -0.382 e. The van der Waals surface area contributed by atoms with Gasteiger partial charge in [-0.25, -0.2) is 0 Å². The predicted molar refractivity (Wildman–Crippen MR) is 101 cm³/mol. The summed E-state index contributed by atoms with van der Waals surface area (Å²) in [6, 6.07) is 0. The first-order valence-corrected chi connectivity index (χ1v) is 10.3. The summed E-state index contributed by atoms with van der Waals surface area (Å²) in [4.78, 5) is 0. The summed E-state index contributed by atoms with van der Waals surface area (Å²) in [5.41, 5.74) is 0.439. The van der Waals surface area contributed by atoms with Gasteiger partial charge < -0.3 is 18.9 Å². The normalized spacial score (nSPS) is 31.2. The SMILES string of the molecule is COCCOC1CCC(C(C)(C)C2CCC(OCCOC)CC2)CC1. The van der Waals surface area contributed by atoms with Gasteiger partial charge in [0, 0.05) is 14.2 Å². The first kappa shape index (κ1) is 21.1. The van der Waals surface area contributed by atoms with E-state index in [-0.39, 0.29) is 0 Å². The quantitative estimate of drug-likeness (QED) is 0.542. The van der Waals surface area contributed by atoms with Crippen molar-refractivity contribution < 1.29 is 18.9 Å². The molecule has 2 saturated carbocycles. The highest BCUT2D eigenvalue weighted by atomic mass is 16.5. The van der Waals surface area contributed by atoms with Crippen LogP contribution in [0.15, 0.2) is 0 Å². The molecule has 0 heterocycles. The van der Waals surface area contributed by atoms with E-state index in [0.717, 1.165) is 25.0 Å². The summed E-state index contributed by atoms with van der Waals surface area (Å²) >= 11 is 0. The molecule has 4 heteroatoms. The Morgan fingerprint density at radius 3 is 1.28 bits per heavy atom. The van der Waals surface area contributed by atoms with Crippen LogP contribution in [0, 0.1) is 17.3 Å². The van der Waals surface area contributed by atoms with E-state index < -0.39 is 0 Å². The maximum atomic E-state index is 5.94. The lowest BCUT2D eigenvalue weighted by Gasteiger charge is -2.46. The largest absolute Gasteiger partial charge is 0.382 e. The molecule has 0 aliphatic heterocycles. The second-order valence-corrected chi connectivity index (χ2v) is 8.50. The van der Waals surface area contributed by atoms with Gasteiger partial charge in [0.15, 0.2) is 0 Å². The van der Waals surface area contributed by atoms with Gasteiger partial charge in [-0.1, -0.05) is 13.8 Å². The molecule has 4 nitrogen and oxygen atoms in total. The molecule has 0 aromatic heterocycles. The van der Waals surface area contributed by atoms with E-state index in [0.29, 0.717) is 30.8 Å². The van der Waals surface area contributed by atoms with E-state index >= 15 is 0 Å². The third-order valence-electron chi connectivity index (χ3n) is 6.73. The summed E-state index contributed by atoms with van der Waals surface area (Å²) in [5, 5.41) is 0. The van der Waals surface area contributed by atoms with Gasteiger partial charge in [0.1, 0.15) is 0 Å². The summed E-state index contributed by atoms with van der Waals surface area (Å²) in [6.07, 6.45) is 11.0. The van der Waals surface area contributed by atoms with Gasteiger partial charge in [-0.15, -0.1) is 0 Å². The van der Waals surface area contributed by atoms with Gasteiger partial charge in [-0.05, 0) is 68.6 Å². The lowest BCUT2D eigenvalue weighted by molar-refractivity contribution is -0.0468. The Kier molecular flexibility index (Phi) is 9.18. The average molecular weight is 357 g/mol. The van der Waals surface area contributed by atoms with E-state index in [1.54, 1.807) is 14.2 Å². The van der Waals surface area contributed by atoms with Crippen LogP contribution in [0.1, 0.15) is 65.2 Å². The van der Waals surface area contributed by atoms with Crippen LogP contribution in [0.5, 0.6) is 0 Å². The van der Waals surface area contributed by atoms with Gasteiger partial charge in [0.05, 0.1) is 38.6 Å². The highest BCUT2D eigenvalue weighted by Gasteiger charge is 2.40. The fourth-order valence-electron chi connectivity index (χ4n) is 4.88. The molecule has 0 unspecified atom stereocenters. The summed E-state index contributed by atoms with van der Waals surface area (Å²) in [5.74, 6) is 1.68. The summed E-state index contributed by atoms with van der Waals surface area (Å²) < 4.78 is 22.0. The molecule has 0 radical (unpaired) electrons. The summed E-state index contributed by atoms with van der Waals surface area (Å²) in [7, 11) is 3.47. The molecule has 0 aromatic carbocycles. The van der Waals surface area contributed by atoms with Gasteiger partial charge in [-0.3, -0.25) is 0 Å². The van der Waals surface area contributed by atoms with E-state index in [4.69, 9.17) is 18.9 Å². The molecule has 2 rings (SSSR count). The highest BCUT2D eigenvalue weighted by Crippen LogP contribution is 2.48. The van der Waals surface area contributed by atoms with Crippen molar-refractivity contribution in [2.45, 2.75) is 77.4 Å². The number of hydrogen-bond donors (Lipinski definition) is 0. The molecule has 0 spiro atoms. The summed E-state index contributed by atoms with van der Waals surface area (Å²) in [6.45, 7) is 7.92. The molecule has 0 saturated heterocycles. The van der Waals surface area contributed by atoms with Crippen LogP contribution < -0.4 is 0 Å². The first-order chi connectivity index (χ1) is 12.1. The Morgan fingerprint density at radius 1 is 0.600 bits per heavy atom. The number of methoxy groups -OCH3 is 2. The van der Waals surface area contributed by atoms with Crippen LogP contribution in [0.4, 0.5) is 0 Å². The van der Waals surface area contributed by atoms with Crippen molar-refractivity contribution in [2.24, 2.45) is 17.3 Å². The lowest BCUT2D eigenvalue weighted by atomic mass is 9.60. The van der Waals surface area contributed by atoms with Gasteiger partial charge in [-0.2, -0.15) is 0 Å². The van der Waals surface area contributed by atoms with Crippen molar-refractivity contribution in [2.75, 3.05) is 40.6 Å². The Bertz CT molecular complexity index is 310. The molecule has 2 aliphatic carbocycles. The van der Waals surface area contributed by atoms with E-state index in [1.807, 2.05) is 0 Å². The monoisotopic (exact) mass is 356 g/mol. The van der Waals surface area contributed by atoms with Crippen molar-refractivity contribution in [1.82, 2.24) is 0 Å². The van der Waals surface area contributed by atoms with Crippen molar-refractivity contribution in [1.29, 1.82) is 0 Å². The maximum Gasteiger partial charge on any atom is 0.0704 e. The van der Waals surface area contributed by atoms with Gasteiger partial charge in [0.25, 0.3) is 0 Å². The fourth-order valence-corrected chi connectivity index (χ4v) is 4.88. The van der Waals surface area contributed by atoms with Crippen LogP contribution >= 0.6 is 0 Å². The Balaban J connectivity index is 1.71. The van der Waals surface area contributed by atoms with Crippen molar-refractivity contribution >= 4 is 0 Å². The predicted octanol–water partition coefficient (Wildman–Crippen LogP) is 4.46. The minimum absolute atomic E-state index is 0.439. The molecule has 148 valence electrons. The Hall–Kier alpha value is -0.160. The molecular weight excluding hydrogens is 316 g/mol. The molecular formula is C21H40O4. The second-order valence-electron chi connectivity index (χ2n) is 8.50. The van der Waals surface area contributed by atoms with Gasteiger partial charge >= 0.3 is 0 Å². The van der Waals surface area contributed by atoms with E-state index in [1.165, 1.54) is 51.4 Å². The van der Waals surface area contributed by atoms with Crippen LogP contribution in [0.3, 0.4) is 0 Å². The van der Waals surface area contributed by atoms with Crippen LogP contribution in [-0.2, 0) is 18.9 Å². The molecule has 0 bridgehead atoms. The molecule has 25 heavy (non-hydrogen) atoms. The van der Waals surface area contributed by atoms with E-state index in [9.17, 15) is 0 Å². The van der Waals surface area contributed by atoms with Crippen LogP contribution in [0.2, 0.25) is 0 Å². The van der Waals surface area contributed by atoms with Gasteiger partial charge in [0.2, 0.25) is 0 Å². The van der Waals surface area contributed by atoms with E-state index in [2.05, 4.69) is 13.8 Å². The zero-order valence-electron chi connectivity index (χ0n) is 16.9. The molecule has 2 aliphatic rings. The first-order valence-electron chi connectivity index (χ1n) is 10.3. The minimum atomic E-state index is 0.439. The van der Waals surface area contributed by atoms with Crippen LogP contribution in [0.25, 0.3) is 0 Å². The average Bonchev–Trinajstić information content (AvgIpc) is 2.63. The zero-order chi connectivity index (χ0) is 18.1. The lowest BCUT2D eigenvalue weighted by Crippen LogP contribution is -2.39. The standard InChI is InChI=1S/C21H40O4/c1-21(2,17-5-9-19(10-6-17)24-15-13-22-3)18-7-11-20(12-8-18)25-16-14-23-4/h17-20H,5-16H2,1-4H3. The van der Waals surface area contributed by atoms with Crippen LogP contribution in [-0.4, -0.2) is 52.9 Å². The Labute approximate surface area is 154 Å². The second kappa shape index (κ2) is 10.9.